The van der Waals surface area contributed by atoms with Crippen molar-refractivity contribution in [3.05, 3.63) is 53.8 Å². The average molecular weight is 637 g/mol. The molecule has 13 heteroatoms. The van der Waals surface area contributed by atoms with E-state index >= 15 is 0 Å². The first kappa shape index (κ1) is 35.8. The minimum Gasteiger partial charge on any atom is -0.481 e. The van der Waals surface area contributed by atoms with Gasteiger partial charge in [-0.3, -0.25) is 14.9 Å². The number of urea groups is 1. The average Bonchev–Trinajstić information content (AvgIpc) is 3.01. The predicted molar refractivity (Wildman–Crippen MR) is 176 cm³/mol. The number of carbonyl (C=O) groups excluding carboxylic acids is 2. The lowest BCUT2D eigenvalue weighted by molar-refractivity contribution is -0.134. The number of benzene rings is 2. The molecule has 3 amide bonds. The number of guanidine groups is 1. The van der Waals surface area contributed by atoms with Gasteiger partial charge in [0.1, 0.15) is 5.82 Å². The van der Waals surface area contributed by atoms with Gasteiger partial charge in [0.2, 0.25) is 11.9 Å². The molecule has 0 aliphatic carbocycles. The molecule has 4 rings (SSSR count). The first-order chi connectivity index (χ1) is 22.0. The second-order valence-corrected chi connectivity index (χ2v) is 11.7. The van der Waals surface area contributed by atoms with E-state index in [1.165, 1.54) is 31.4 Å². The Hall–Kier alpha value is -4.70. The van der Waals surface area contributed by atoms with Gasteiger partial charge in [-0.2, -0.15) is 5.26 Å². The highest BCUT2D eigenvalue weighted by atomic mass is 19.1. The molecule has 0 saturated carbocycles. The Bertz CT molecular complexity index is 1420. The molecule has 2 aliphatic rings. The maximum atomic E-state index is 13.6. The fourth-order valence-corrected chi connectivity index (χ4v) is 5.46. The van der Waals surface area contributed by atoms with Crippen molar-refractivity contribution >= 4 is 40.9 Å². The molecule has 2 aromatic rings. The fraction of sp³-hybridized carbons (Fsp3) is 0.485. The van der Waals surface area contributed by atoms with Gasteiger partial charge in [-0.05, 0) is 74.7 Å². The van der Waals surface area contributed by atoms with Gasteiger partial charge in [0.25, 0.3) is 5.97 Å². The molecule has 1 atom stereocenters. The standard InChI is InChI=1S/C31H41FN8O2.C2H4O2/c1-22(2)28-20-39(31(42)35-25-10-7-9-24(32)19-25)17-18-40(28)30(34-21-33)37-27-12-8-11-26(23(27)3)36-29(41)13-16-38-14-5-4-6-15-38;1-2(3)4/h7-12,19,22,28H,4-6,13-18,20H2,1-3H3,(H,34,37)(H,35,42)(H,36,41);1H3,(H,3,4). The third-order valence-corrected chi connectivity index (χ3v) is 7.90. The molecule has 0 spiro atoms. The van der Waals surface area contributed by atoms with E-state index in [4.69, 9.17) is 14.9 Å². The molecule has 0 radical (unpaired) electrons. The van der Waals surface area contributed by atoms with Crippen LogP contribution < -0.4 is 16.0 Å². The zero-order valence-electron chi connectivity index (χ0n) is 27.1. The number of amides is 3. The molecule has 2 heterocycles. The minimum atomic E-state index is -0.833. The Labute approximate surface area is 270 Å². The summed E-state index contributed by atoms with van der Waals surface area (Å²) in [6.07, 6.45) is 6.08. The lowest BCUT2D eigenvalue weighted by Crippen LogP contribution is -2.60. The SMILES string of the molecule is CC(=O)O.Cc1c(N=C(NC#N)N2CCN(C(=O)Nc3cccc(F)c3)CC2C(C)C)cccc1NC(=O)CCN1CCCCC1. The van der Waals surface area contributed by atoms with Crippen molar-refractivity contribution in [2.24, 2.45) is 10.9 Å². The number of nitrogens with one attached hydrogen (secondary N) is 3. The van der Waals surface area contributed by atoms with Crippen LogP contribution in [0.4, 0.5) is 26.2 Å². The maximum Gasteiger partial charge on any atom is 0.321 e. The number of carboxylic acid groups (broad SMARTS) is 1. The van der Waals surface area contributed by atoms with Crippen LogP contribution in [0.5, 0.6) is 0 Å². The van der Waals surface area contributed by atoms with Crippen molar-refractivity contribution in [1.82, 2.24) is 20.0 Å². The summed E-state index contributed by atoms with van der Waals surface area (Å²) in [4.78, 5) is 45.6. The van der Waals surface area contributed by atoms with Gasteiger partial charge >= 0.3 is 6.03 Å². The van der Waals surface area contributed by atoms with Gasteiger partial charge in [0.05, 0.1) is 11.7 Å². The highest BCUT2D eigenvalue weighted by Crippen LogP contribution is 2.28. The summed E-state index contributed by atoms with van der Waals surface area (Å²) in [6, 6.07) is 10.9. The number of carbonyl (C=O) groups is 3. The van der Waals surface area contributed by atoms with E-state index in [1.54, 1.807) is 17.0 Å². The molecular weight excluding hydrogens is 591 g/mol. The summed E-state index contributed by atoms with van der Waals surface area (Å²) in [6.45, 7) is 11.2. The molecule has 2 fully saturated rings. The second-order valence-electron chi connectivity index (χ2n) is 11.7. The molecule has 46 heavy (non-hydrogen) atoms. The molecule has 248 valence electrons. The van der Waals surface area contributed by atoms with E-state index in [-0.39, 0.29) is 23.9 Å². The molecule has 2 aliphatic heterocycles. The number of nitriles is 1. The van der Waals surface area contributed by atoms with Crippen molar-refractivity contribution < 1.29 is 23.9 Å². The van der Waals surface area contributed by atoms with Gasteiger partial charge in [-0.25, -0.2) is 14.2 Å². The Morgan fingerprint density at radius 1 is 1.07 bits per heavy atom. The summed E-state index contributed by atoms with van der Waals surface area (Å²) in [5, 5.41) is 25.5. The van der Waals surface area contributed by atoms with Crippen molar-refractivity contribution in [2.75, 3.05) is 49.9 Å². The van der Waals surface area contributed by atoms with Crippen LogP contribution in [0.1, 0.15) is 52.0 Å². The van der Waals surface area contributed by atoms with Crippen LogP contribution in [0.3, 0.4) is 0 Å². The molecule has 2 saturated heterocycles. The van der Waals surface area contributed by atoms with E-state index in [2.05, 4.69) is 34.7 Å². The third kappa shape index (κ3) is 11.0. The number of halogens is 1. The first-order valence-corrected chi connectivity index (χ1v) is 15.6. The number of carboxylic acids is 1. The summed E-state index contributed by atoms with van der Waals surface area (Å²) in [5.41, 5.74) is 2.52. The zero-order valence-corrected chi connectivity index (χ0v) is 27.1. The van der Waals surface area contributed by atoms with Crippen LogP contribution >= 0.6 is 0 Å². The molecule has 2 aromatic carbocycles. The first-order valence-electron chi connectivity index (χ1n) is 15.6. The molecule has 4 N–H and O–H groups in total. The Kier molecular flexibility index (Phi) is 13.8. The Morgan fingerprint density at radius 3 is 2.41 bits per heavy atom. The number of nitrogens with zero attached hydrogens (tertiary/aromatic N) is 5. The minimum absolute atomic E-state index is 0.0345. The van der Waals surface area contributed by atoms with Gasteiger partial charge in [0, 0.05) is 50.9 Å². The Morgan fingerprint density at radius 2 is 1.76 bits per heavy atom. The smallest absolute Gasteiger partial charge is 0.321 e. The van der Waals surface area contributed by atoms with Crippen molar-refractivity contribution in [3.8, 4) is 6.19 Å². The number of hydrogen-bond acceptors (Lipinski definition) is 6. The topological polar surface area (TPSA) is 153 Å². The number of aliphatic carboxylic acids is 1. The van der Waals surface area contributed by atoms with Gasteiger partial charge in [0.15, 0.2) is 6.19 Å². The second kappa shape index (κ2) is 17.7. The number of anilines is 2. The number of aliphatic imine (C=N–C) groups is 1. The van der Waals surface area contributed by atoms with E-state index in [0.29, 0.717) is 49.1 Å². The highest BCUT2D eigenvalue weighted by Gasteiger charge is 2.34. The number of likely N-dealkylation sites (tertiary alicyclic amines) is 1. The largest absolute Gasteiger partial charge is 0.481 e. The van der Waals surface area contributed by atoms with Crippen LogP contribution in [0.25, 0.3) is 0 Å². The quantitative estimate of drug-likeness (QED) is 0.144. The monoisotopic (exact) mass is 636 g/mol. The van der Waals surface area contributed by atoms with Gasteiger partial charge in [-0.1, -0.05) is 32.4 Å². The number of rotatable bonds is 7. The molecular formula is C33H45FN8O4. The Balaban J connectivity index is 0.00000136. The summed E-state index contributed by atoms with van der Waals surface area (Å²) < 4.78 is 13.6. The van der Waals surface area contributed by atoms with Gasteiger partial charge in [-0.15, -0.1) is 0 Å². The highest BCUT2D eigenvalue weighted by molar-refractivity contribution is 5.93. The molecule has 12 nitrogen and oxygen atoms in total. The number of piperazine rings is 1. The normalized spacial score (nSPS) is 17.0. The predicted octanol–water partition coefficient (Wildman–Crippen LogP) is 4.97. The van der Waals surface area contributed by atoms with E-state index in [1.807, 2.05) is 36.2 Å². The number of hydrogen-bond donors (Lipinski definition) is 4. The van der Waals surface area contributed by atoms with Crippen molar-refractivity contribution in [1.29, 1.82) is 5.26 Å². The summed E-state index contributed by atoms with van der Waals surface area (Å²) in [5.74, 6) is -0.768. The van der Waals surface area contributed by atoms with E-state index in [9.17, 15) is 19.2 Å². The molecule has 0 aromatic heterocycles. The summed E-state index contributed by atoms with van der Waals surface area (Å²) in [7, 11) is 0. The van der Waals surface area contributed by atoms with Gasteiger partial charge < -0.3 is 30.4 Å². The summed E-state index contributed by atoms with van der Waals surface area (Å²) >= 11 is 0. The fourth-order valence-electron chi connectivity index (χ4n) is 5.46. The van der Waals surface area contributed by atoms with E-state index in [0.717, 1.165) is 32.1 Å². The number of piperidine rings is 1. The lowest BCUT2D eigenvalue weighted by Gasteiger charge is -2.44. The van der Waals surface area contributed by atoms with Crippen LogP contribution in [-0.4, -0.2) is 89.0 Å². The van der Waals surface area contributed by atoms with Crippen LogP contribution in [0, 0.1) is 30.1 Å². The lowest BCUT2D eigenvalue weighted by atomic mass is 10.00. The van der Waals surface area contributed by atoms with Crippen LogP contribution in [0.2, 0.25) is 0 Å². The van der Waals surface area contributed by atoms with Crippen molar-refractivity contribution in [3.63, 3.8) is 0 Å². The van der Waals surface area contributed by atoms with E-state index < -0.39 is 11.8 Å². The molecule has 1 unspecified atom stereocenters. The van der Waals surface area contributed by atoms with Crippen molar-refractivity contribution in [2.45, 2.75) is 59.4 Å². The maximum absolute atomic E-state index is 13.6. The van der Waals surface area contributed by atoms with Crippen LogP contribution in [-0.2, 0) is 9.59 Å². The van der Waals surface area contributed by atoms with Crippen LogP contribution in [0.15, 0.2) is 47.5 Å². The zero-order chi connectivity index (χ0) is 33.6. The molecule has 0 bridgehead atoms. The third-order valence-electron chi connectivity index (χ3n) is 7.90.